The minimum Gasteiger partial charge on any atom is -0.361 e. The average Bonchev–Trinajstić information content (AvgIpc) is 3.04. The number of aromatic nitrogens is 1. The minimum absolute atomic E-state index is 1.05. The standard InChI is InChI=1S/C22H20N2/c1-2-10-21-20(9-1)17(13-23-21)11-12-24-14-18-7-3-5-16-6-4-8-19(15-24)22(16)18/h1-10,13,23H,11-12,14-15H2. The van der Waals surface area contributed by atoms with E-state index >= 15 is 0 Å². The van der Waals surface area contributed by atoms with Gasteiger partial charge >= 0.3 is 0 Å². The maximum Gasteiger partial charge on any atom is 0.0456 e. The third-order valence-corrected chi connectivity index (χ3v) is 5.24. The Labute approximate surface area is 141 Å². The summed E-state index contributed by atoms with van der Waals surface area (Å²) in [5, 5.41) is 4.21. The number of hydrogen-bond acceptors (Lipinski definition) is 1. The highest BCUT2D eigenvalue weighted by atomic mass is 15.1. The van der Waals surface area contributed by atoms with Gasteiger partial charge in [-0.3, -0.25) is 4.90 Å². The molecule has 0 saturated heterocycles. The Balaban J connectivity index is 1.40. The molecule has 0 fully saturated rings. The third kappa shape index (κ3) is 2.22. The molecule has 5 rings (SSSR count). The largest absolute Gasteiger partial charge is 0.361 e. The molecule has 1 aliphatic rings. The van der Waals surface area contributed by atoms with Gasteiger partial charge in [0.25, 0.3) is 0 Å². The lowest BCUT2D eigenvalue weighted by Gasteiger charge is -2.29. The highest BCUT2D eigenvalue weighted by Crippen LogP contribution is 2.30. The van der Waals surface area contributed by atoms with Gasteiger partial charge in [0.2, 0.25) is 0 Å². The summed E-state index contributed by atoms with van der Waals surface area (Å²) >= 11 is 0. The van der Waals surface area contributed by atoms with Gasteiger partial charge in [-0.2, -0.15) is 0 Å². The van der Waals surface area contributed by atoms with Gasteiger partial charge in [-0.1, -0.05) is 54.6 Å². The Kier molecular flexibility index (Phi) is 3.17. The van der Waals surface area contributed by atoms with Crippen LogP contribution in [0.4, 0.5) is 0 Å². The number of rotatable bonds is 3. The fourth-order valence-corrected chi connectivity index (χ4v) is 4.08. The predicted octanol–water partition coefficient (Wildman–Crippen LogP) is 4.88. The molecule has 4 aromatic rings. The predicted molar refractivity (Wildman–Crippen MR) is 100 cm³/mol. The lowest BCUT2D eigenvalue weighted by atomic mass is 9.95. The van der Waals surface area contributed by atoms with Crippen molar-refractivity contribution in [1.82, 2.24) is 9.88 Å². The van der Waals surface area contributed by atoms with Crippen LogP contribution >= 0.6 is 0 Å². The van der Waals surface area contributed by atoms with Crippen LogP contribution in [-0.2, 0) is 19.5 Å². The molecule has 24 heavy (non-hydrogen) atoms. The van der Waals surface area contributed by atoms with Crippen LogP contribution in [0.25, 0.3) is 21.7 Å². The maximum absolute atomic E-state index is 3.39. The molecule has 0 amide bonds. The minimum atomic E-state index is 1.05. The molecule has 0 radical (unpaired) electrons. The SMILES string of the molecule is c1cc2c3c(cccc3c1)CN(CCc1c[nH]c3ccccc13)C2. The second kappa shape index (κ2) is 5.50. The number of aromatic amines is 1. The zero-order chi connectivity index (χ0) is 15.9. The molecule has 0 spiro atoms. The summed E-state index contributed by atoms with van der Waals surface area (Å²) in [5.41, 5.74) is 5.59. The second-order valence-electron chi connectivity index (χ2n) is 6.75. The quantitative estimate of drug-likeness (QED) is 0.571. The smallest absolute Gasteiger partial charge is 0.0456 e. The van der Waals surface area contributed by atoms with E-state index in [9.17, 15) is 0 Å². The fourth-order valence-electron chi connectivity index (χ4n) is 4.08. The van der Waals surface area contributed by atoms with E-state index in [4.69, 9.17) is 0 Å². The monoisotopic (exact) mass is 312 g/mol. The normalized spacial score (nSPS) is 14.5. The number of H-pyrrole nitrogens is 1. The summed E-state index contributed by atoms with van der Waals surface area (Å²) < 4.78 is 0. The second-order valence-corrected chi connectivity index (χ2v) is 6.75. The average molecular weight is 312 g/mol. The third-order valence-electron chi connectivity index (χ3n) is 5.24. The summed E-state index contributed by atoms with van der Waals surface area (Å²) in [5.74, 6) is 0. The van der Waals surface area contributed by atoms with Crippen LogP contribution in [0, 0.1) is 0 Å². The van der Waals surface area contributed by atoms with Crippen molar-refractivity contribution in [3.63, 3.8) is 0 Å². The van der Waals surface area contributed by atoms with Gasteiger partial charge in [-0.25, -0.2) is 0 Å². The topological polar surface area (TPSA) is 19.0 Å². The molecule has 3 aromatic carbocycles. The van der Waals surface area contributed by atoms with Crippen molar-refractivity contribution in [2.24, 2.45) is 0 Å². The van der Waals surface area contributed by atoms with Crippen molar-refractivity contribution in [3.8, 4) is 0 Å². The molecule has 0 atom stereocenters. The van der Waals surface area contributed by atoms with Crippen LogP contribution in [0.15, 0.2) is 66.9 Å². The molecule has 2 heteroatoms. The van der Waals surface area contributed by atoms with Crippen LogP contribution < -0.4 is 0 Å². The number of fused-ring (bicyclic) bond motifs is 1. The molecule has 0 bridgehead atoms. The van der Waals surface area contributed by atoms with Crippen LogP contribution in [-0.4, -0.2) is 16.4 Å². The molecular formula is C22H20N2. The molecule has 2 heterocycles. The molecule has 0 unspecified atom stereocenters. The first kappa shape index (κ1) is 13.8. The van der Waals surface area contributed by atoms with E-state index in [-0.39, 0.29) is 0 Å². The molecule has 1 aliphatic heterocycles. The molecule has 1 N–H and O–H groups in total. The molecule has 2 nitrogen and oxygen atoms in total. The number of hydrogen-bond donors (Lipinski definition) is 1. The highest BCUT2D eigenvalue weighted by Gasteiger charge is 2.18. The van der Waals surface area contributed by atoms with Gasteiger partial charge < -0.3 is 4.98 Å². The Bertz CT molecular complexity index is 988. The van der Waals surface area contributed by atoms with Gasteiger partial charge in [-0.15, -0.1) is 0 Å². The van der Waals surface area contributed by atoms with Gasteiger partial charge in [0, 0.05) is 36.7 Å². The molecule has 0 aliphatic carbocycles. The van der Waals surface area contributed by atoms with Gasteiger partial charge in [-0.05, 0) is 39.9 Å². The number of nitrogens with zero attached hydrogens (tertiary/aromatic N) is 1. The van der Waals surface area contributed by atoms with Gasteiger partial charge in [0.1, 0.15) is 0 Å². The Morgan fingerprint density at radius 3 is 2.38 bits per heavy atom. The van der Waals surface area contributed by atoms with Crippen LogP contribution in [0.3, 0.4) is 0 Å². The summed E-state index contributed by atoms with van der Waals surface area (Å²) in [6, 6.07) is 22.0. The van der Waals surface area contributed by atoms with Crippen LogP contribution in [0.5, 0.6) is 0 Å². The fraction of sp³-hybridized carbons (Fsp3) is 0.182. The molecule has 118 valence electrons. The molecule has 1 aromatic heterocycles. The number of para-hydroxylation sites is 1. The van der Waals surface area contributed by atoms with E-state index in [1.54, 1.807) is 0 Å². The molecular weight excluding hydrogens is 292 g/mol. The first-order valence-corrected chi connectivity index (χ1v) is 8.65. The summed E-state index contributed by atoms with van der Waals surface area (Å²) in [6.45, 7) is 3.19. The highest BCUT2D eigenvalue weighted by molar-refractivity contribution is 5.89. The zero-order valence-electron chi connectivity index (χ0n) is 13.6. The Morgan fingerprint density at radius 2 is 1.58 bits per heavy atom. The summed E-state index contributed by atoms with van der Waals surface area (Å²) in [6.07, 6.45) is 3.26. The van der Waals surface area contributed by atoms with E-state index in [1.165, 1.54) is 38.4 Å². The number of nitrogens with one attached hydrogen (secondary N) is 1. The Hall–Kier alpha value is -2.58. The summed E-state index contributed by atoms with van der Waals surface area (Å²) in [7, 11) is 0. The van der Waals surface area contributed by atoms with E-state index in [1.807, 2.05) is 0 Å². The lowest BCUT2D eigenvalue weighted by molar-refractivity contribution is 0.256. The zero-order valence-corrected chi connectivity index (χ0v) is 13.6. The van der Waals surface area contributed by atoms with Gasteiger partial charge in [0.05, 0.1) is 0 Å². The summed E-state index contributed by atoms with van der Waals surface area (Å²) in [4.78, 5) is 5.96. The maximum atomic E-state index is 3.39. The van der Waals surface area contributed by atoms with E-state index in [0.29, 0.717) is 0 Å². The van der Waals surface area contributed by atoms with Crippen molar-refractivity contribution in [2.45, 2.75) is 19.5 Å². The van der Waals surface area contributed by atoms with Crippen molar-refractivity contribution >= 4 is 21.7 Å². The van der Waals surface area contributed by atoms with Crippen molar-refractivity contribution in [2.75, 3.05) is 6.54 Å². The van der Waals surface area contributed by atoms with Crippen LogP contribution in [0.2, 0.25) is 0 Å². The van der Waals surface area contributed by atoms with E-state index in [0.717, 1.165) is 26.1 Å². The van der Waals surface area contributed by atoms with Crippen LogP contribution in [0.1, 0.15) is 16.7 Å². The van der Waals surface area contributed by atoms with Crippen molar-refractivity contribution in [3.05, 3.63) is 83.6 Å². The van der Waals surface area contributed by atoms with Gasteiger partial charge in [0.15, 0.2) is 0 Å². The number of benzene rings is 3. The van der Waals surface area contributed by atoms with Crippen molar-refractivity contribution < 1.29 is 0 Å². The lowest BCUT2D eigenvalue weighted by Crippen LogP contribution is -2.28. The first-order chi connectivity index (χ1) is 11.9. The van der Waals surface area contributed by atoms with E-state index in [2.05, 4.69) is 76.7 Å². The Morgan fingerprint density at radius 1 is 0.833 bits per heavy atom. The first-order valence-electron chi connectivity index (χ1n) is 8.65. The van der Waals surface area contributed by atoms with Crippen molar-refractivity contribution in [1.29, 1.82) is 0 Å². The molecule has 0 saturated carbocycles. The van der Waals surface area contributed by atoms with E-state index < -0.39 is 0 Å².